The topological polar surface area (TPSA) is 63.7 Å². The predicted octanol–water partition coefficient (Wildman–Crippen LogP) is 2.73. The zero-order chi connectivity index (χ0) is 18.7. The van der Waals surface area contributed by atoms with Crippen LogP contribution < -0.4 is 4.74 Å². The lowest BCUT2D eigenvalue weighted by molar-refractivity contribution is -0.133. The van der Waals surface area contributed by atoms with E-state index in [9.17, 15) is 13.2 Å². The van der Waals surface area contributed by atoms with Gasteiger partial charge in [-0.3, -0.25) is 4.79 Å². The summed E-state index contributed by atoms with van der Waals surface area (Å²) in [5.74, 6) is 0.585. The van der Waals surface area contributed by atoms with E-state index in [2.05, 4.69) is 0 Å². The molecule has 1 aromatic carbocycles. The Morgan fingerprint density at radius 3 is 2.58 bits per heavy atom. The molecule has 2 unspecified atom stereocenters. The second kappa shape index (κ2) is 7.80. The van der Waals surface area contributed by atoms with Crippen LogP contribution in [0.15, 0.2) is 41.8 Å². The third-order valence-electron chi connectivity index (χ3n) is 4.91. The Morgan fingerprint density at radius 1 is 1.31 bits per heavy atom. The first-order valence-electron chi connectivity index (χ1n) is 8.53. The summed E-state index contributed by atoms with van der Waals surface area (Å²) in [7, 11) is 0.298. The number of nitrogens with zero attached hydrogens (tertiary/aromatic N) is 1. The minimum Gasteiger partial charge on any atom is -0.497 e. The standard InChI is InChI=1S/C19H23NO4S2/c1-20(15-9-11-26(22,23)13-15)19(21)18(12-17-4-3-10-25-17)14-5-7-16(24-2)8-6-14/h3-8,10,15,18H,9,11-13H2,1-2H3. The fourth-order valence-corrected chi connectivity index (χ4v) is 5.85. The lowest BCUT2D eigenvalue weighted by Crippen LogP contribution is -2.41. The number of amides is 1. The summed E-state index contributed by atoms with van der Waals surface area (Å²) in [5.41, 5.74) is 0.914. The van der Waals surface area contributed by atoms with Crippen molar-refractivity contribution in [3.05, 3.63) is 52.2 Å². The highest BCUT2D eigenvalue weighted by Gasteiger charge is 2.35. The summed E-state index contributed by atoms with van der Waals surface area (Å²) >= 11 is 1.62. The molecule has 1 amide bonds. The molecule has 26 heavy (non-hydrogen) atoms. The lowest BCUT2D eigenvalue weighted by Gasteiger charge is -2.28. The highest BCUT2D eigenvalue weighted by atomic mass is 32.2. The summed E-state index contributed by atoms with van der Waals surface area (Å²) in [4.78, 5) is 16.0. The molecule has 2 atom stereocenters. The molecule has 140 valence electrons. The molecule has 1 saturated heterocycles. The number of rotatable bonds is 6. The molecule has 0 saturated carbocycles. The van der Waals surface area contributed by atoms with Gasteiger partial charge in [0.05, 0.1) is 24.5 Å². The van der Waals surface area contributed by atoms with Gasteiger partial charge in [-0.05, 0) is 42.0 Å². The first-order valence-corrected chi connectivity index (χ1v) is 11.2. The van der Waals surface area contributed by atoms with Crippen LogP contribution >= 0.6 is 11.3 Å². The summed E-state index contributed by atoms with van der Waals surface area (Å²) in [5, 5.41) is 2.00. The first-order chi connectivity index (χ1) is 12.4. The molecule has 0 bridgehead atoms. The van der Waals surface area contributed by atoms with Crippen molar-refractivity contribution in [1.82, 2.24) is 4.90 Å². The zero-order valence-electron chi connectivity index (χ0n) is 14.9. The van der Waals surface area contributed by atoms with E-state index in [1.165, 1.54) is 0 Å². The van der Waals surface area contributed by atoms with Crippen LogP contribution in [0.2, 0.25) is 0 Å². The number of methoxy groups -OCH3 is 1. The fourth-order valence-electron chi connectivity index (χ4n) is 3.32. The van der Waals surface area contributed by atoms with Gasteiger partial charge in [-0.2, -0.15) is 0 Å². The summed E-state index contributed by atoms with van der Waals surface area (Å²) in [6.07, 6.45) is 1.12. The van der Waals surface area contributed by atoms with E-state index in [-0.39, 0.29) is 29.4 Å². The van der Waals surface area contributed by atoms with Gasteiger partial charge >= 0.3 is 0 Å². The number of carbonyl (C=O) groups excluding carboxylic acids is 1. The van der Waals surface area contributed by atoms with E-state index < -0.39 is 9.84 Å². The summed E-state index contributed by atoms with van der Waals surface area (Å²) in [6, 6.07) is 11.3. The van der Waals surface area contributed by atoms with Crippen LogP contribution in [0.25, 0.3) is 0 Å². The highest BCUT2D eigenvalue weighted by Crippen LogP contribution is 2.29. The van der Waals surface area contributed by atoms with Crippen LogP contribution in [0.3, 0.4) is 0 Å². The number of hydrogen-bond acceptors (Lipinski definition) is 5. The van der Waals surface area contributed by atoms with Gasteiger partial charge in [-0.15, -0.1) is 11.3 Å². The van der Waals surface area contributed by atoms with Gasteiger partial charge in [0.25, 0.3) is 0 Å². The van der Waals surface area contributed by atoms with Crippen LogP contribution in [0.4, 0.5) is 0 Å². The van der Waals surface area contributed by atoms with Gasteiger partial charge in [0.1, 0.15) is 5.75 Å². The number of ether oxygens (including phenoxy) is 1. The molecule has 1 aliphatic heterocycles. The Bertz CT molecular complexity index is 844. The minimum atomic E-state index is -3.03. The van der Waals surface area contributed by atoms with Crippen molar-refractivity contribution < 1.29 is 17.9 Å². The van der Waals surface area contributed by atoms with Crippen molar-refractivity contribution in [3.8, 4) is 5.75 Å². The first kappa shape index (κ1) is 18.9. The Balaban J connectivity index is 1.85. The molecular formula is C19H23NO4S2. The van der Waals surface area contributed by atoms with Crippen molar-refractivity contribution in [2.24, 2.45) is 0 Å². The highest BCUT2D eigenvalue weighted by molar-refractivity contribution is 7.91. The average molecular weight is 394 g/mol. The van der Waals surface area contributed by atoms with Crippen molar-refractivity contribution in [2.75, 3.05) is 25.7 Å². The van der Waals surface area contributed by atoms with Crippen molar-refractivity contribution in [2.45, 2.75) is 24.8 Å². The van der Waals surface area contributed by atoms with E-state index in [1.807, 2.05) is 41.8 Å². The Labute approximate surface area is 158 Å². The molecule has 3 rings (SSSR count). The molecule has 0 aliphatic carbocycles. The summed E-state index contributed by atoms with van der Waals surface area (Å²) < 4.78 is 28.8. The van der Waals surface area contributed by atoms with Gasteiger partial charge in [0, 0.05) is 18.0 Å². The molecule has 1 aliphatic rings. The quantitative estimate of drug-likeness (QED) is 0.757. The number of thiophene rings is 1. The predicted molar refractivity (Wildman–Crippen MR) is 104 cm³/mol. The van der Waals surface area contributed by atoms with Crippen LogP contribution in [0.5, 0.6) is 5.75 Å². The van der Waals surface area contributed by atoms with Gasteiger partial charge < -0.3 is 9.64 Å². The molecule has 0 radical (unpaired) electrons. The molecule has 1 fully saturated rings. The van der Waals surface area contributed by atoms with Crippen LogP contribution in [-0.2, 0) is 21.1 Å². The monoisotopic (exact) mass is 393 g/mol. The Kier molecular flexibility index (Phi) is 5.67. The maximum absolute atomic E-state index is 13.2. The third-order valence-corrected chi connectivity index (χ3v) is 7.55. The van der Waals surface area contributed by atoms with Crippen molar-refractivity contribution >= 4 is 27.1 Å². The van der Waals surface area contributed by atoms with E-state index in [4.69, 9.17) is 4.74 Å². The van der Waals surface area contributed by atoms with Gasteiger partial charge in [0.15, 0.2) is 9.84 Å². The number of hydrogen-bond donors (Lipinski definition) is 0. The maximum Gasteiger partial charge on any atom is 0.230 e. The van der Waals surface area contributed by atoms with Crippen molar-refractivity contribution in [3.63, 3.8) is 0 Å². The van der Waals surface area contributed by atoms with Crippen molar-refractivity contribution in [1.29, 1.82) is 0 Å². The van der Waals surface area contributed by atoms with E-state index in [0.29, 0.717) is 12.8 Å². The minimum absolute atomic E-state index is 0.0364. The molecule has 1 aromatic heterocycles. The molecule has 5 nitrogen and oxygen atoms in total. The second-order valence-electron chi connectivity index (χ2n) is 6.62. The normalized spacial score (nSPS) is 19.8. The average Bonchev–Trinajstić information content (AvgIpc) is 3.27. The van der Waals surface area contributed by atoms with E-state index in [0.717, 1.165) is 16.2 Å². The smallest absolute Gasteiger partial charge is 0.230 e. The molecule has 0 N–H and O–H groups in total. The van der Waals surface area contributed by atoms with Gasteiger partial charge in [-0.25, -0.2) is 8.42 Å². The number of benzene rings is 1. The molecular weight excluding hydrogens is 370 g/mol. The van der Waals surface area contributed by atoms with E-state index >= 15 is 0 Å². The van der Waals surface area contributed by atoms with E-state index in [1.54, 1.807) is 30.4 Å². The lowest BCUT2D eigenvalue weighted by atomic mass is 9.93. The molecule has 2 heterocycles. The number of carbonyl (C=O) groups is 1. The Morgan fingerprint density at radius 2 is 2.04 bits per heavy atom. The van der Waals surface area contributed by atoms with Gasteiger partial charge in [-0.1, -0.05) is 18.2 Å². The van der Waals surface area contributed by atoms with Crippen LogP contribution in [-0.4, -0.2) is 50.9 Å². The van der Waals surface area contributed by atoms with Crippen LogP contribution in [0.1, 0.15) is 22.8 Å². The zero-order valence-corrected chi connectivity index (χ0v) is 16.6. The number of likely N-dealkylation sites (N-methyl/N-ethyl adjacent to an activating group) is 1. The number of sulfone groups is 1. The summed E-state index contributed by atoms with van der Waals surface area (Å²) in [6.45, 7) is 0. The Hall–Kier alpha value is -1.86. The fraction of sp³-hybridized carbons (Fsp3) is 0.421. The third kappa shape index (κ3) is 4.27. The second-order valence-corrected chi connectivity index (χ2v) is 9.88. The molecule has 7 heteroatoms. The van der Waals surface area contributed by atoms with Crippen LogP contribution in [0, 0.1) is 0 Å². The largest absolute Gasteiger partial charge is 0.497 e. The van der Waals surface area contributed by atoms with Gasteiger partial charge in [0.2, 0.25) is 5.91 Å². The maximum atomic E-state index is 13.2. The molecule has 2 aromatic rings. The SMILES string of the molecule is COc1ccc(C(Cc2cccs2)C(=O)N(C)C2CCS(=O)(=O)C2)cc1. The molecule has 0 spiro atoms.